The van der Waals surface area contributed by atoms with E-state index in [0.29, 0.717) is 5.92 Å². The van der Waals surface area contributed by atoms with Crippen LogP contribution < -0.4 is 0 Å². The van der Waals surface area contributed by atoms with Crippen LogP contribution in [0.2, 0.25) is 0 Å². The molecule has 0 spiro atoms. The van der Waals surface area contributed by atoms with Gasteiger partial charge < -0.3 is 0 Å². The van der Waals surface area contributed by atoms with E-state index in [4.69, 9.17) is 0 Å². The second kappa shape index (κ2) is 5.17. The van der Waals surface area contributed by atoms with Gasteiger partial charge in [-0.25, -0.2) is 0 Å². The first-order chi connectivity index (χ1) is 8.26. The van der Waals surface area contributed by atoms with Crippen molar-refractivity contribution in [3.05, 3.63) is 53.3 Å². The van der Waals surface area contributed by atoms with Crippen LogP contribution in [0.25, 0.3) is 0 Å². The Hall–Kier alpha value is -1.57. The minimum Gasteiger partial charge on any atom is -0.276 e. The molecule has 0 aliphatic heterocycles. The lowest BCUT2D eigenvalue weighted by Gasteiger charge is -2.17. The molecule has 0 saturated heterocycles. The lowest BCUT2D eigenvalue weighted by Crippen LogP contribution is -2.02. The minimum absolute atomic E-state index is 0.472. The van der Waals surface area contributed by atoms with Crippen LogP contribution in [0.15, 0.2) is 36.7 Å². The maximum atomic E-state index is 4.28. The van der Waals surface area contributed by atoms with Gasteiger partial charge in [-0.15, -0.1) is 0 Å². The summed E-state index contributed by atoms with van der Waals surface area (Å²) in [5, 5.41) is 4.28. The van der Waals surface area contributed by atoms with Gasteiger partial charge >= 0.3 is 0 Å². The number of hydrogen-bond donors (Lipinski definition) is 0. The van der Waals surface area contributed by atoms with Gasteiger partial charge in [-0.2, -0.15) is 5.10 Å². The van der Waals surface area contributed by atoms with Gasteiger partial charge in [-0.05, 0) is 29.5 Å². The normalized spacial score (nSPS) is 12.6. The van der Waals surface area contributed by atoms with E-state index in [2.05, 4.69) is 49.4 Å². The van der Waals surface area contributed by atoms with Crippen LogP contribution in [0, 0.1) is 0 Å². The van der Waals surface area contributed by atoms with Crippen molar-refractivity contribution in [1.82, 2.24) is 9.78 Å². The molecule has 2 rings (SSSR count). The van der Waals surface area contributed by atoms with E-state index in [-0.39, 0.29) is 0 Å². The summed E-state index contributed by atoms with van der Waals surface area (Å²) in [5.74, 6) is 0.472. The minimum atomic E-state index is 0.472. The molecular formula is C15H20N2. The topological polar surface area (TPSA) is 17.8 Å². The molecule has 90 valence electrons. The molecule has 0 bridgehead atoms. The Kier molecular flexibility index (Phi) is 3.62. The van der Waals surface area contributed by atoms with E-state index in [1.54, 1.807) is 0 Å². The van der Waals surface area contributed by atoms with Crippen LogP contribution in [0.5, 0.6) is 0 Å². The molecule has 0 amide bonds. The zero-order valence-electron chi connectivity index (χ0n) is 10.9. The van der Waals surface area contributed by atoms with Gasteiger partial charge in [0.1, 0.15) is 0 Å². The number of hydrogen-bond acceptors (Lipinski definition) is 1. The molecule has 1 aromatic heterocycles. The Labute approximate surface area is 103 Å². The van der Waals surface area contributed by atoms with Gasteiger partial charge in [-0.1, -0.05) is 38.1 Å². The van der Waals surface area contributed by atoms with Crippen LogP contribution in [-0.4, -0.2) is 9.78 Å². The zero-order valence-corrected chi connectivity index (χ0v) is 10.9. The van der Waals surface area contributed by atoms with Crippen LogP contribution in [0.3, 0.4) is 0 Å². The Morgan fingerprint density at radius 2 is 2.00 bits per heavy atom. The van der Waals surface area contributed by atoms with Crippen molar-refractivity contribution in [2.24, 2.45) is 7.05 Å². The van der Waals surface area contributed by atoms with E-state index in [9.17, 15) is 0 Å². The van der Waals surface area contributed by atoms with Crippen molar-refractivity contribution >= 4 is 0 Å². The van der Waals surface area contributed by atoms with Gasteiger partial charge in [0, 0.05) is 19.2 Å². The number of benzene rings is 1. The van der Waals surface area contributed by atoms with Crippen LogP contribution in [-0.2, 0) is 13.5 Å². The molecule has 2 nitrogen and oxygen atoms in total. The predicted molar refractivity (Wildman–Crippen MR) is 71.2 cm³/mol. The molecule has 1 atom stereocenters. The van der Waals surface area contributed by atoms with Gasteiger partial charge in [0.05, 0.1) is 6.20 Å². The standard InChI is InChI=1S/C15H20N2/c1-4-12-8-6-7-9-15(12)14(5-2)13-10-16-17(3)11-13/h6-11,14H,4-5H2,1-3H3. The molecule has 0 radical (unpaired) electrons. The predicted octanol–water partition coefficient (Wildman–Crippen LogP) is 3.52. The summed E-state index contributed by atoms with van der Waals surface area (Å²) in [6.07, 6.45) is 6.32. The van der Waals surface area contributed by atoms with Crippen LogP contribution in [0.1, 0.15) is 42.9 Å². The van der Waals surface area contributed by atoms with Crippen molar-refractivity contribution in [2.75, 3.05) is 0 Å². The fourth-order valence-electron chi connectivity index (χ4n) is 2.45. The second-order valence-corrected chi connectivity index (χ2v) is 4.46. The van der Waals surface area contributed by atoms with Crippen molar-refractivity contribution in [1.29, 1.82) is 0 Å². The molecule has 0 aliphatic rings. The third-order valence-corrected chi connectivity index (χ3v) is 3.35. The fourth-order valence-corrected chi connectivity index (χ4v) is 2.45. The molecule has 1 unspecified atom stereocenters. The maximum Gasteiger partial charge on any atom is 0.0527 e. The summed E-state index contributed by atoms with van der Waals surface area (Å²) in [4.78, 5) is 0. The Bertz CT molecular complexity index is 485. The number of nitrogens with zero attached hydrogens (tertiary/aromatic N) is 2. The first-order valence-electron chi connectivity index (χ1n) is 6.32. The van der Waals surface area contributed by atoms with Crippen LogP contribution in [0.4, 0.5) is 0 Å². The van der Waals surface area contributed by atoms with Gasteiger partial charge in [0.15, 0.2) is 0 Å². The third-order valence-electron chi connectivity index (χ3n) is 3.35. The molecule has 2 heteroatoms. The second-order valence-electron chi connectivity index (χ2n) is 4.46. The summed E-state index contributed by atoms with van der Waals surface area (Å²) in [7, 11) is 1.97. The molecule has 0 saturated carbocycles. The smallest absolute Gasteiger partial charge is 0.0527 e. The highest BCUT2D eigenvalue weighted by Crippen LogP contribution is 2.30. The largest absolute Gasteiger partial charge is 0.276 e. The summed E-state index contributed by atoms with van der Waals surface area (Å²) >= 11 is 0. The van der Waals surface area contributed by atoms with Gasteiger partial charge in [0.25, 0.3) is 0 Å². The third kappa shape index (κ3) is 2.41. The molecule has 0 N–H and O–H groups in total. The molecule has 1 heterocycles. The summed E-state index contributed by atoms with van der Waals surface area (Å²) in [6.45, 7) is 4.46. The highest BCUT2D eigenvalue weighted by atomic mass is 15.2. The van der Waals surface area contributed by atoms with Crippen LogP contribution >= 0.6 is 0 Å². The molecule has 17 heavy (non-hydrogen) atoms. The van der Waals surface area contributed by atoms with E-state index >= 15 is 0 Å². The molecule has 0 aliphatic carbocycles. The van der Waals surface area contributed by atoms with E-state index in [1.165, 1.54) is 16.7 Å². The zero-order chi connectivity index (χ0) is 12.3. The summed E-state index contributed by atoms with van der Waals surface area (Å²) < 4.78 is 1.88. The SMILES string of the molecule is CCc1ccccc1C(CC)c1cnn(C)c1. The Balaban J connectivity index is 2.41. The summed E-state index contributed by atoms with van der Waals surface area (Å²) in [6, 6.07) is 8.74. The lowest BCUT2D eigenvalue weighted by molar-refractivity contribution is 0.751. The average Bonchev–Trinajstić information content (AvgIpc) is 2.77. The van der Waals surface area contributed by atoms with Crippen molar-refractivity contribution < 1.29 is 0 Å². The van der Waals surface area contributed by atoms with Crippen molar-refractivity contribution in [3.8, 4) is 0 Å². The quantitative estimate of drug-likeness (QED) is 0.783. The monoisotopic (exact) mass is 228 g/mol. The van der Waals surface area contributed by atoms with E-state index in [0.717, 1.165) is 12.8 Å². The van der Waals surface area contributed by atoms with E-state index in [1.807, 2.05) is 17.9 Å². The first-order valence-corrected chi connectivity index (χ1v) is 6.32. The maximum absolute atomic E-state index is 4.28. The van der Waals surface area contributed by atoms with Gasteiger partial charge in [0.2, 0.25) is 0 Å². The number of aromatic nitrogens is 2. The Morgan fingerprint density at radius 1 is 1.24 bits per heavy atom. The average molecular weight is 228 g/mol. The number of aryl methyl sites for hydroxylation is 2. The molecular weight excluding hydrogens is 208 g/mol. The van der Waals surface area contributed by atoms with E-state index < -0.39 is 0 Å². The number of rotatable bonds is 4. The first kappa shape index (κ1) is 11.9. The van der Waals surface area contributed by atoms with Crippen molar-refractivity contribution in [2.45, 2.75) is 32.6 Å². The molecule has 0 fully saturated rings. The molecule has 2 aromatic rings. The van der Waals surface area contributed by atoms with Crippen molar-refractivity contribution in [3.63, 3.8) is 0 Å². The molecule has 1 aromatic carbocycles. The van der Waals surface area contributed by atoms with Gasteiger partial charge in [-0.3, -0.25) is 4.68 Å². The lowest BCUT2D eigenvalue weighted by atomic mass is 9.87. The highest BCUT2D eigenvalue weighted by Gasteiger charge is 2.15. The summed E-state index contributed by atoms with van der Waals surface area (Å²) in [5.41, 5.74) is 4.21. The Morgan fingerprint density at radius 3 is 2.59 bits per heavy atom. The fraction of sp³-hybridized carbons (Fsp3) is 0.400. The highest BCUT2D eigenvalue weighted by molar-refractivity contribution is 5.36.